The lowest BCUT2D eigenvalue weighted by Crippen LogP contribution is -2.30. The van der Waals surface area contributed by atoms with Crippen LogP contribution in [0, 0.1) is 0 Å². The van der Waals surface area contributed by atoms with Gasteiger partial charge >= 0.3 is 5.97 Å². The van der Waals surface area contributed by atoms with Gasteiger partial charge in [-0.25, -0.2) is 4.79 Å². The Kier molecular flexibility index (Phi) is 2.05. The summed E-state index contributed by atoms with van der Waals surface area (Å²) in [5, 5.41) is 0. The summed E-state index contributed by atoms with van der Waals surface area (Å²) < 4.78 is 15.9. The molecular formula is C8H12O4S. The van der Waals surface area contributed by atoms with Gasteiger partial charge in [0, 0.05) is 5.75 Å². The Labute approximate surface area is 81.9 Å². The van der Waals surface area contributed by atoms with Crippen LogP contribution < -0.4 is 0 Å². The minimum Gasteiger partial charge on any atom is -0.457 e. The van der Waals surface area contributed by atoms with E-state index in [4.69, 9.17) is 14.2 Å². The van der Waals surface area contributed by atoms with Crippen molar-refractivity contribution < 1.29 is 19.0 Å². The van der Waals surface area contributed by atoms with Gasteiger partial charge in [0.15, 0.2) is 11.9 Å². The Hall–Kier alpha value is -0.260. The Balaban J connectivity index is 2.17. The van der Waals surface area contributed by atoms with Gasteiger partial charge in [0.2, 0.25) is 0 Å². The Morgan fingerprint density at radius 1 is 1.46 bits per heavy atom. The SMILES string of the molecule is CC1(C)O[C@@H]2C(CS)OC(=O)[C@@H]2O1. The molecule has 2 aliphatic rings. The highest BCUT2D eigenvalue weighted by Gasteiger charge is 2.55. The molecule has 2 aliphatic heterocycles. The maximum absolute atomic E-state index is 11.3. The van der Waals surface area contributed by atoms with E-state index in [-0.39, 0.29) is 18.2 Å². The highest BCUT2D eigenvalue weighted by Crippen LogP contribution is 2.36. The molecule has 0 aromatic heterocycles. The molecule has 0 amide bonds. The lowest BCUT2D eigenvalue weighted by atomic mass is 10.2. The zero-order valence-corrected chi connectivity index (χ0v) is 8.41. The zero-order valence-electron chi connectivity index (χ0n) is 7.52. The van der Waals surface area contributed by atoms with Crippen LogP contribution in [0.25, 0.3) is 0 Å². The lowest BCUT2D eigenvalue weighted by molar-refractivity contribution is -0.185. The molecule has 0 aromatic rings. The molecule has 0 N–H and O–H groups in total. The predicted octanol–water partition coefficient (Wildman–Crippen LogP) is 0.362. The number of fused-ring (bicyclic) bond motifs is 1. The van der Waals surface area contributed by atoms with Crippen molar-refractivity contribution in [2.24, 2.45) is 0 Å². The maximum atomic E-state index is 11.3. The molecule has 74 valence electrons. The third kappa shape index (κ3) is 1.45. The first-order chi connectivity index (χ1) is 6.03. The number of cyclic esters (lactones) is 1. The number of thiol groups is 1. The Morgan fingerprint density at radius 3 is 2.77 bits per heavy atom. The molecular weight excluding hydrogens is 192 g/mol. The van der Waals surface area contributed by atoms with Gasteiger partial charge in [0.1, 0.15) is 12.2 Å². The number of hydrogen-bond donors (Lipinski definition) is 1. The van der Waals surface area contributed by atoms with Crippen molar-refractivity contribution in [1.82, 2.24) is 0 Å². The fourth-order valence-corrected chi connectivity index (χ4v) is 1.95. The Morgan fingerprint density at radius 2 is 2.15 bits per heavy atom. The van der Waals surface area contributed by atoms with E-state index in [9.17, 15) is 4.79 Å². The normalized spacial score (nSPS) is 41.8. The molecule has 2 heterocycles. The van der Waals surface area contributed by atoms with E-state index in [0.717, 1.165) is 0 Å². The van der Waals surface area contributed by atoms with Gasteiger partial charge in [0.05, 0.1) is 0 Å². The standard InChI is InChI=1S/C8H12O4S/c1-8(2)11-5-4(3-13)10-7(9)6(5)12-8/h4-6,13H,3H2,1-2H3/t4?,5-,6-/m1/s1. The minimum absolute atomic E-state index is 0.275. The van der Waals surface area contributed by atoms with Crippen molar-refractivity contribution in [2.45, 2.75) is 37.9 Å². The first kappa shape index (κ1) is 9.30. The number of esters is 1. The van der Waals surface area contributed by atoms with Crippen LogP contribution in [0.15, 0.2) is 0 Å². The molecule has 1 unspecified atom stereocenters. The molecule has 5 heteroatoms. The monoisotopic (exact) mass is 204 g/mol. The predicted molar refractivity (Wildman–Crippen MR) is 47.6 cm³/mol. The molecule has 13 heavy (non-hydrogen) atoms. The number of hydrogen-bond acceptors (Lipinski definition) is 5. The second-order valence-corrected chi connectivity index (χ2v) is 4.04. The highest BCUT2D eigenvalue weighted by molar-refractivity contribution is 7.80. The van der Waals surface area contributed by atoms with Crippen LogP contribution in [0.2, 0.25) is 0 Å². The molecule has 0 aliphatic carbocycles. The summed E-state index contributed by atoms with van der Waals surface area (Å²) in [6.07, 6.45) is -1.13. The van der Waals surface area contributed by atoms with Gasteiger partial charge in [0.25, 0.3) is 0 Å². The highest BCUT2D eigenvalue weighted by atomic mass is 32.1. The number of rotatable bonds is 1. The lowest BCUT2D eigenvalue weighted by Gasteiger charge is -2.20. The van der Waals surface area contributed by atoms with Gasteiger partial charge < -0.3 is 14.2 Å². The van der Waals surface area contributed by atoms with E-state index in [1.54, 1.807) is 13.8 Å². The van der Waals surface area contributed by atoms with Crippen molar-refractivity contribution in [1.29, 1.82) is 0 Å². The summed E-state index contributed by atoms with van der Waals surface area (Å²) >= 11 is 4.08. The number of carbonyl (C=O) groups is 1. The average Bonchev–Trinajstić information content (AvgIpc) is 2.47. The molecule has 3 atom stereocenters. The van der Waals surface area contributed by atoms with E-state index in [0.29, 0.717) is 5.75 Å². The second kappa shape index (κ2) is 2.87. The van der Waals surface area contributed by atoms with Crippen molar-refractivity contribution in [2.75, 3.05) is 5.75 Å². The first-order valence-electron chi connectivity index (χ1n) is 4.20. The summed E-state index contributed by atoms with van der Waals surface area (Å²) in [5.74, 6) is -0.558. The molecule has 4 nitrogen and oxygen atoms in total. The molecule has 0 saturated carbocycles. The third-order valence-electron chi connectivity index (χ3n) is 2.18. The van der Waals surface area contributed by atoms with Crippen LogP contribution in [-0.4, -0.2) is 35.8 Å². The van der Waals surface area contributed by atoms with E-state index in [1.807, 2.05) is 0 Å². The van der Waals surface area contributed by atoms with Crippen LogP contribution in [0.3, 0.4) is 0 Å². The summed E-state index contributed by atoms with van der Waals surface area (Å²) in [6.45, 7) is 3.57. The molecule has 0 aromatic carbocycles. The van der Waals surface area contributed by atoms with E-state index in [1.165, 1.54) is 0 Å². The topological polar surface area (TPSA) is 44.8 Å². The number of ether oxygens (including phenoxy) is 3. The number of carbonyl (C=O) groups excluding carboxylic acids is 1. The van der Waals surface area contributed by atoms with Crippen LogP contribution in [0.1, 0.15) is 13.8 Å². The van der Waals surface area contributed by atoms with Gasteiger partial charge in [-0.3, -0.25) is 0 Å². The molecule has 2 rings (SSSR count). The van der Waals surface area contributed by atoms with Crippen LogP contribution in [0.5, 0.6) is 0 Å². The first-order valence-corrected chi connectivity index (χ1v) is 4.84. The summed E-state index contributed by atoms with van der Waals surface area (Å²) in [7, 11) is 0. The largest absolute Gasteiger partial charge is 0.457 e. The van der Waals surface area contributed by atoms with Crippen molar-refractivity contribution in [3.8, 4) is 0 Å². The van der Waals surface area contributed by atoms with Gasteiger partial charge in [-0.1, -0.05) is 0 Å². The molecule has 2 fully saturated rings. The van der Waals surface area contributed by atoms with E-state index >= 15 is 0 Å². The second-order valence-electron chi connectivity index (χ2n) is 3.68. The van der Waals surface area contributed by atoms with Crippen molar-refractivity contribution in [3.05, 3.63) is 0 Å². The molecule has 0 radical (unpaired) electrons. The fraction of sp³-hybridized carbons (Fsp3) is 0.875. The summed E-state index contributed by atoms with van der Waals surface area (Å²) in [4.78, 5) is 11.3. The Bertz CT molecular complexity index is 240. The summed E-state index contributed by atoms with van der Waals surface area (Å²) in [5.41, 5.74) is 0. The maximum Gasteiger partial charge on any atom is 0.338 e. The molecule has 0 spiro atoms. The van der Waals surface area contributed by atoms with E-state index < -0.39 is 11.9 Å². The zero-order chi connectivity index (χ0) is 9.64. The molecule has 0 bridgehead atoms. The van der Waals surface area contributed by atoms with Gasteiger partial charge in [-0.15, -0.1) is 0 Å². The fourth-order valence-electron chi connectivity index (χ4n) is 1.67. The third-order valence-corrected chi connectivity index (χ3v) is 2.54. The van der Waals surface area contributed by atoms with Crippen LogP contribution >= 0.6 is 12.6 Å². The molecule has 2 saturated heterocycles. The van der Waals surface area contributed by atoms with Gasteiger partial charge in [-0.05, 0) is 13.8 Å². The summed E-state index contributed by atoms with van der Waals surface area (Å²) in [6, 6.07) is 0. The minimum atomic E-state index is -0.685. The smallest absolute Gasteiger partial charge is 0.338 e. The van der Waals surface area contributed by atoms with Crippen LogP contribution in [-0.2, 0) is 19.0 Å². The van der Waals surface area contributed by atoms with Crippen molar-refractivity contribution >= 4 is 18.6 Å². The quantitative estimate of drug-likeness (QED) is 0.495. The van der Waals surface area contributed by atoms with Gasteiger partial charge in [-0.2, -0.15) is 12.6 Å². The average molecular weight is 204 g/mol. The van der Waals surface area contributed by atoms with E-state index in [2.05, 4.69) is 12.6 Å². The van der Waals surface area contributed by atoms with Crippen molar-refractivity contribution in [3.63, 3.8) is 0 Å². The van der Waals surface area contributed by atoms with Crippen LogP contribution in [0.4, 0.5) is 0 Å².